The number of anilines is 1. The van der Waals surface area contributed by atoms with Gasteiger partial charge in [0.05, 0.1) is 12.1 Å². The molecule has 4 rings (SSSR count). The smallest absolute Gasteiger partial charge is 0.162 e. The van der Waals surface area contributed by atoms with Gasteiger partial charge >= 0.3 is 0 Å². The first-order valence-corrected chi connectivity index (χ1v) is 7.89. The van der Waals surface area contributed by atoms with Crippen molar-refractivity contribution in [3.05, 3.63) is 48.8 Å². The molecule has 1 aliphatic heterocycles. The van der Waals surface area contributed by atoms with Crippen LogP contribution in [0.1, 0.15) is 6.42 Å². The van der Waals surface area contributed by atoms with Crippen molar-refractivity contribution in [3.63, 3.8) is 0 Å². The molecule has 1 aliphatic rings. The molecule has 5 nitrogen and oxygen atoms in total. The summed E-state index contributed by atoms with van der Waals surface area (Å²) in [5, 5.41) is 4.54. The van der Waals surface area contributed by atoms with Gasteiger partial charge in [0, 0.05) is 42.4 Å². The fraction of sp³-hybridized carbons (Fsp3) is 0.278. The van der Waals surface area contributed by atoms with Crippen molar-refractivity contribution < 1.29 is 4.74 Å². The quantitative estimate of drug-likeness (QED) is 0.802. The number of benzene rings is 1. The zero-order valence-corrected chi connectivity index (χ0v) is 12.8. The predicted molar refractivity (Wildman–Crippen MR) is 90.2 cm³/mol. The minimum atomic E-state index is 0.549. The van der Waals surface area contributed by atoms with Gasteiger partial charge in [0.25, 0.3) is 0 Å². The molecule has 23 heavy (non-hydrogen) atoms. The second kappa shape index (κ2) is 6.30. The van der Waals surface area contributed by atoms with E-state index in [9.17, 15) is 0 Å². The third-order valence-electron chi connectivity index (χ3n) is 4.12. The number of aromatic nitrogens is 3. The standard InChI is InChI=1S/C18H18N4O/c1-2-4-16-15(3-1)18(20-11-13-7-10-23-12-13)22-17(21-16)14-5-8-19-9-6-14/h1-6,8-9,13H,7,10-12H2,(H,20,21,22)/t13-/m0/s1. The van der Waals surface area contributed by atoms with Crippen LogP contribution < -0.4 is 5.32 Å². The van der Waals surface area contributed by atoms with E-state index >= 15 is 0 Å². The number of rotatable bonds is 4. The van der Waals surface area contributed by atoms with E-state index in [2.05, 4.69) is 21.4 Å². The molecule has 3 heterocycles. The fourth-order valence-corrected chi connectivity index (χ4v) is 2.83. The van der Waals surface area contributed by atoms with Crippen LogP contribution in [0.3, 0.4) is 0 Å². The van der Waals surface area contributed by atoms with Crippen LogP contribution in [0.25, 0.3) is 22.3 Å². The number of hydrogen-bond donors (Lipinski definition) is 1. The fourth-order valence-electron chi connectivity index (χ4n) is 2.83. The van der Waals surface area contributed by atoms with Crippen molar-refractivity contribution in [1.82, 2.24) is 15.0 Å². The normalized spacial score (nSPS) is 17.5. The van der Waals surface area contributed by atoms with Crippen LogP contribution in [0.4, 0.5) is 5.82 Å². The van der Waals surface area contributed by atoms with Gasteiger partial charge < -0.3 is 10.1 Å². The molecular weight excluding hydrogens is 288 g/mol. The molecule has 0 aliphatic carbocycles. The van der Waals surface area contributed by atoms with Gasteiger partial charge in [0.2, 0.25) is 0 Å². The van der Waals surface area contributed by atoms with Crippen molar-refractivity contribution in [2.24, 2.45) is 5.92 Å². The second-order valence-corrected chi connectivity index (χ2v) is 5.76. The molecule has 5 heteroatoms. The van der Waals surface area contributed by atoms with E-state index < -0.39 is 0 Å². The number of ether oxygens (including phenoxy) is 1. The van der Waals surface area contributed by atoms with Gasteiger partial charge in [-0.1, -0.05) is 12.1 Å². The molecule has 1 atom stereocenters. The lowest BCUT2D eigenvalue weighted by Crippen LogP contribution is -2.15. The highest BCUT2D eigenvalue weighted by molar-refractivity contribution is 5.90. The lowest BCUT2D eigenvalue weighted by molar-refractivity contribution is 0.187. The summed E-state index contributed by atoms with van der Waals surface area (Å²) >= 11 is 0. The van der Waals surface area contributed by atoms with Gasteiger partial charge in [0.1, 0.15) is 5.82 Å². The third-order valence-corrected chi connectivity index (χ3v) is 4.12. The Morgan fingerprint density at radius 3 is 2.78 bits per heavy atom. The van der Waals surface area contributed by atoms with Crippen molar-refractivity contribution in [2.75, 3.05) is 25.1 Å². The summed E-state index contributed by atoms with van der Waals surface area (Å²) in [5.41, 5.74) is 1.91. The highest BCUT2D eigenvalue weighted by Crippen LogP contribution is 2.25. The number of nitrogens with one attached hydrogen (secondary N) is 1. The van der Waals surface area contributed by atoms with Crippen LogP contribution in [0.15, 0.2) is 48.8 Å². The van der Waals surface area contributed by atoms with E-state index in [-0.39, 0.29) is 0 Å². The number of nitrogens with zero attached hydrogens (tertiary/aromatic N) is 3. The maximum atomic E-state index is 5.45. The molecule has 1 fully saturated rings. The summed E-state index contributed by atoms with van der Waals surface area (Å²) in [5.74, 6) is 2.15. The zero-order chi connectivity index (χ0) is 15.5. The Kier molecular flexibility index (Phi) is 3.86. The Bertz CT molecular complexity index is 800. The van der Waals surface area contributed by atoms with Gasteiger partial charge in [-0.3, -0.25) is 4.98 Å². The average molecular weight is 306 g/mol. The van der Waals surface area contributed by atoms with E-state index in [4.69, 9.17) is 9.72 Å². The van der Waals surface area contributed by atoms with Gasteiger partial charge in [-0.05, 0) is 30.7 Å². The van der Waals surface area contributed by atoms with Gasteiger partial charge in [0.15, 0.2) is 5.82 Å². The van der Waals surface area contributed by atoms with Crippen LogP contribution in [0.5, 0.6) is 0 Å². The summed E-state index contributed by atoms with van der Waals surface area (Å²) in [6.45, 7) is 2.56. The minimum Gasteiger partial charge on any atom is -0.381 e. The van der Waals surface area contributed by atoms with Gasteiger partial charge in [-0.25, -0.2) is 9.97 Å². The largest absolute Gasteiger partial charge is 0.381 e. The molecular formula is C18H18N4O. The van der Waals surface area contributed by atoms with Crippen LogP contribution in [0.2, 0.25) is 0 Å². The zero-order valence-electron chi connectivity index (χ0n) is 12.8. The summed E-state index contributed by atoms with van der Waals surface area (Å²) < 4.78 is 5.45. The molecule has 0 radical (unpaired) electrons. The van der Waals surface area contributed by atoms with Crippen LogP contribution in [-0.4, -0.2) is 34.7 Å². The van der Waals surface area contributed by atoms with Crippen LogP contribution in [0, 0.1) is 5.92 Å². The van der Waals surface area contributed by atoms with Crippen molar-refractivity contribution in [1.29, 1.82) is 0 Å². The van der Waals surface area contributed by atoms with Crippen LogP contribution in [-0.2, 0) is 4.74 Å². The molecule has 3 aromatic rings. The lowest BCUT2D eigenvalue weighted by Gasteiger charge is -2.13. The second-order valence-electron chi connectivity index (χ2n) is 5.76. The maximum Gasteiger partial charge on any atom is 0.162 e. The summed E-state index contributed by atoms with van der Waals surface area (Å²) in [7, 11) is 0. The maximum absolute atomic E-state index is 5.45. The Morgan fingerprint density at radius 1 is 1.09 bits per heavy atom. The number of pyridine rings is 1. The van der Waals surface area contributed by atoms with E-state index in [0.717, 1.165) is 54.3 Å². The first-order valence-electron chi connectivity index (χ1n) is 7.89. The molecule has 0 bridgehead atoms. The highest BCUT2D eigenvalue weighted by atomic mass is 16.5. The number of fused-ring (bicyclic) bond motifs is 1. The summed E-state index contributed by atoms with van der Waals surface area (Å²) in [4.78, 5) is 13.5. The molecule has 1 N–H and O–H groups in total. The van der Waals surface area contributed by atoms with Crippen LogP contribution >= 0.6 is 0 Å². The Balaban J connectivity index is 1.71. The third kappa shape index (κ3) is 3.00. The van der Waals surface area contributed by atoms with Crippen molar-refractivity contribution in [2.45, 2.75) is 6.42 Å². The average Bonchev–Trinajstić information content (AvgIpc) is 3.14. The van der Waals surface area contributed by atoms with Crippen molar-refractivity contribution in [3.8, 4) is 11.4 Å². The van der Waals surface area contributed by atoms with Crippen molar-refractivity contribution >= 4 is 16.7 Å². The summed E-state index contributed by atoms with van der Waals surface area (Å²) in [6, 6.07) is 11.9. The highest BCUT2D eigenvalue weighted by Gasteiger charge is 2.16. The molecule has 116 valence electrons. The molecule has 1 aromatic carbocycles. The SMILES string of the molecule is c1ccc2c(NC[C@@H]3CCOC3)nc(-c3ccncc3)nc2c1. The molecule has 0 unspecified atom stereocenters. The first kappa shape index (κ1) is 14.1. The topological polar surface area (TPSA) is 59.9 Å². The molecule has 0 spiro atoms. The minimum absolute atomic E-state index is 0.549. The number of hydrogen-bond acceptors (Lipinski definition) is 5. The Morgan fingerprint density at radius 2 is 1.96 bits per heavy atom. The Hall–Kier alpha value is -2.53. The van der Waals surface area contributed by atoms with Gasteiger partial charge in [-0.15, -0.1) is 0 Å². The molecule has 0 saturated carbocycles. The van der Waals surface area contributed by atoms with E-state index in [0.29, 0.717) is 5.92 Å². The Labute approximate surface area is 134 Å². The molecule has 0 amide bonds. The first-order chi connectivity index (χ1) is 11.4. The monoisotopic (exact) mass is 306 g/mol. The molecule has 2 aromatic heterocycles. The predicted octanol–water partition coefficient (Wildman–Crippen LogP) is 3.14. The summed E-state index contributed by atoms with van der Waals surface area (Å²) in [6.07, 6.45) is 4.63. The van der Waals surface area contributed by atoms with Gasteiger partial charge in [-0.2, -0.15) is 0 Å². The van der Waals surface area contributed by atoms with E-state index in [1.165, 1.54) is 0 Å². The molecule has 1 saturated heterocycles. The van der Waals surface area contributed by atoms with E-state index in [1.54, 1.807) is 12.4 Å². The van der Waals surface area contributed by atoms with E-state index in [1.807, 2.05) is 30.3 Å². The number of para-hydroxylation sites is 1. The lowest BCUT2D eigenvalue weighted by atomic mass is 10.1.